The zero-order valence-electron chi connectivity index (χ0n) is 12.1. The van der Waals surface area contributed by atoms with Crippen LogP contribution in [0.15, 0.2) is 24.3 Å². The van der Waals surface area contributed by atoms with Gasteiger partial charge in [-0.25, -0.2) is 0 Å². The van der Waals surface area contributed by atoms with Crippen LogP contribution in [0.4, 0.5) is 5.69 Å². The van der Waals surface area contributed by atoms with Gasteiger partial charge in [0.25, 0.3) is 0 Å². The zero-order chi connectivity index (χ0) is 14.4. The highest BCUT2D eigenvalue weighted by Gasteiger charge is 2.22. The van der Waals surface area contributed by atoms with Gasteiger partial charge in [0.1, 0.15) is 0 Å². The summed E-state index contributed by atoms with van der Waals surface area (Å²) in [5, 5.41) is 6.07. The van der Waals surface area contributed by atoms with Crippen molar-refractivity contribution in [2.45, 2.75) is 19.8 Å². The van der Waals surface area contributed by atoms with Crippen LogP contribution in [0.1, 0.15) is 18.9 Å². The van der Waals surface area contributed by atoms with Crippen LogP contribution in [0.3, 0.4) is 0 Å². The molecule has 6 heteroatoms. The Balaban J connectivity index is 0.00000220. The minimum absolute atomic E-state index is 0. The fourth-order valence-corrected chi connectivity index (χ4v) is 2.26. The number of carbonyl (C=O) groups excluding carboxylic acids is 2. The molecule has 0 bridgehead atoms. The summed E-state index contributed by atoms with van der Waals surface area (Å²) < 4.78 is 4.91. The highest BCUT2D eigenvalue weighted by molar-refractivity contribution is 5.93. The number of amides is 1. The van der Waals surface area contributed by atoms with Gasteiger partial charge in [-0.2, -0.15) is 0 Å². The van der Waals surface area contributed by atoms with Crippen LogP contribution in [0.25, 0.3) is 0 Å². The average Bonchev–Trinajstić information content (AvgIpc) is 2.93. The average molecular weight is 313 g/mol. The van der Waals surface area contributed by atoms with Crippen LogP contribution >= 0.6 is 12.4 Å². The third-order valence-electron chi connectivity index (χ3n) is 3.28. The van der Waals surface area contributed by atoms with E-state index in [1.807, 2.05) is 24.3 Å². The fourth-order valence-electron chi connectivity index (χ4n) is 2.26. The van der Waals surface area contributed by atoms with Crippen molar-refractivity contribution in [3.63, 3.8) is 0 Å². The number of hydrogen-bond acceptors (Lipinski definition) is 4. The molecule has 1 aliphatic heterocycles. The van der Waals surface area contributed by atoms with E-state index >= 15 is 0 Å². The molecule has 0 radical (unpaired) electrons. The molecule has 1 atom stereocenters. The Bertz CT molecular complexity index is 488. The second-order valence-electron chi connectivity index (χ2n) is 4.86. The molecule has 116 valence electrons. The third kappa shape index (κ3) is 5.36. The molecule has 0 aromatic heterocycles. The largest absolute Gasteiger partial charge is 0.466 e. The lowest BCUT2D eigenvalue weighted by Gasteiger charge is -2.11. The lowest BCUT2D eigenvalue weighted by molar-refractivity contribution is -0.142. The molecule has 1 fully saturated rings. The number of rotatable bonds is 5. The van der Waals surface area contributed by atoms with E-state index < -0.39 is 0 Å². The van der Waals surface area contributed by atoms with Crippen LogP contribution in [-0.4, -0.2) is 31.6 Å². The van der Waals surface area contributed by atoms with Gasteiger partial charge < -0.3 is 15.4 Å². The van der Waals surface area contributed by atoms with E-state index in [2.05, 4.69) is 10.6 Å². The summed E-state index contributed by atoms with van der Waals surface area (Å²) in [6.07, 6.45) is 1.09. The third-order valence-corrected chi connectivity index (χ3v) is 3.28. The molecule has 1 aromatic rings. The first-order valence-electron chi connectivity index (χ1n) is 6.95. The maximum absolute atomic E-state index is 12.0. The smallest absolute Gasteiger partial charge is 0.310 e. The number of halogens is 1. The molecule has 1 heterocycles. The van der Waals surface area contributed by atoms with Crippen molar-refractivity contribution in [1.29, 1.82) is 0 Å². The lowest BCUT2D eigenvalue weighted by atomic mass is 10.1. The van der Waals surface area contributed by atoms with E-state index in [-0.39, 0.29) is 36.6 Å². The summed E-state index contributed by atoms with van der Waals surface area (Å²) in [6, 6.07) is 7.33. The quantitative estimate of drug-likeness (QED) is 0.813. The highest BCUT2D eigenvalue weighted by atomic mass is 35.5. The van der Waals surface area contributed by atoms with Crippen molar-refractivity contribution in [3.8, 4) is 0 Å². The molecule has 1 aromatic carbocycles. The molecule has 21 heavy (non-hydrogen) atoms. The summed E-state index contributed by atoms with van der Waals surface area (Å²) in [7, 11) is 0. The Hall–Kier alpha value is -1.59. The Labute approximate surface area is 130 Å². The van der Waals surface area contributed by atoms with Gasteiger partial charge in [0.15, 0.2) is 0 Å². The van der Waals surface area contributed by atoms with Crippen molar-refractivity contribution >= 4 is 30.0 Å². The standard InChI is InChI=1S/C15H20N2O3.ClH/c1-2-20-14(18)9-11-4-3-5-13(8-11)17-15(19)12-6-7-16-10-12;/h3-5,8,12,16H,2,6-7,9-10H2,1H3,(H,17,19);1H. The van der Waals surface area contributed by atoms with E-state index in [4.69, 9.17) is 4.74 Å². The zero-order valence-corrected chi connectivity index (χ0v) is 12.9. The first-order chi connectivity index (χ1) is 9.69. The normalized spacial score (nSPS) is 16.9. The van der Waals surface area contributed by atoms with Crippen LogP contribution in [0, 0.1) is 5.92 Å². The summed E-state index contributed by atoms with van der Waals surface area (Å²) >= 11 is 0. The van der Waals surface area contributed by atoms with E-state index in [0.717, 1.165) is 30.8 Å². The van der Waals surface area contributed by atoms with Crippen molar-refractivity contribution < 1.29 is 14.3 Å². The van der Waals surface area contributed by atoms with Gasteiger partial charge in [0.2, 0.25) is 5.91 Å². The predicted molar refractivity (Wildman–Crippen MR) is 83.6 cm³/mol. The van der Waals surface area contributed by atoms with Crippen LogP contribution in [0.2, 0.25) is 0 Å². The second kappa shape index (κ2) is 8.64. The van der Waals surface area contributed by atoms with Gasteiger partial charge in [-0.05, 0) is 37.6 Å². The molecular weight excluding hydrogens is 292 g/mol. The highest BCUT2D eigenvalue weighted by Crippen LogP contribution is 2.15. The Kier molecular flexibility index (Phi) is 7.19. The van der Waals surface area contributed by atoms with Crippen molar-refractivity contribution in [2.24, 2.45) is 5.92 Å². The van der Waals surface area contributed by atoms with Crippen LogP contribution < -0.4 is 10.6 Å². The van der Waals surface area contributed by atoms with Gasteiger partial charge in [0.05, 0.1) is 18.9 Å². The van der Waals surface area contributed by atoms with Gasteiger partial charge in [-0.3, -0.25) is 9.59 Å². The summed E-state index contributed by atoms with van der Waals surface area (Å²) in [5.41, 5.74) is 1.56. The Morgan fingerprint density at radius 2 is 2.24 bits per heavy atom. The van der Waals surface area contributed by atoms with Crippen LogP contribution in [0.5, 0.6) is 0 Å². The molecule has 0 aliphatic carbocycles. The van der Waals surface area contributed by atoms with E-state index in [0.29, 0.717) is 6.61 Å². The van der Waals surface area contributed by atoms with Gasteiger partial charge in [-0.15, -0.1) is 12.4 Å². The molecule has 1 unspecified atom stereocenters. The Morgan fingerprint density at radius 1 is 1.43 bits per heavy atom. The van der Waals surface area contributed by atoms with E-state index in [1.165, 1.54) is 0 Å². The minimum atomic E-state index is -0.254. The van der Waals surface area contributed by atoms with E-state index in [1.54, 1.807) is 6.92 Å². The van der Waals surface area contributed by atoms with Crippen molar-refractivity contribution in [1.82, 2.24) is 5.32 Å². The number of carbonyl (C=O) groups is 2. The first-order valence-corrected chi connectivity index (χ1v) is 6.95. The van der Waals surface area contributed by atoms with Crippen molar-refractivity contribution in [2.75, 3.05) is 25.0 Å². The molecule has 1 aliphatic rings. The topological polar surface area (TPSA) is 67.4 Å². The summed E-state index contributed by atoms with van der Waals surface area (Å²) in [6.45, 7) is 3.78. The summed E-state index contributed by atoms with van der Waals surface area (Å²) in [5.74, 6) is -0.192. The number of ether oxygens (including phenoxy) is 1. The number of nitrogens with one attached hydrogen (secondary N) is 2. The van der Waals surface area contributed by atoms with E-state index in [9.17, 15) is 9.59 Å². The van der Waals surface area contributed by atoms with Gasteiger partial charge in [-0.1, -0.05) is 12.1 Å². The number of anilines is 1. The monoisotopic (exact) mass is 312 g/mol. The SMILES string of the molecule is CCOC(=O)Cc1cccc(NC(=O)C2CCNC2)c1.Cl. The van der Waals surface area contributed by atoms with Gasteiger partial charge >= 0.3 is 5.97 Å². The van der Waals surface area contributed by atoms with Gasteiger partial charge in [0, 0.05) is 12.2 Å². The number of hydrogen-bond donors (Lipinski definition) is 2. The van der Waals surface area contributed by atoms with Crippen LogP contribution in [-0.2, 0) is 20.7 Å². The predicted octanol–water partition coefficient (Wildman–Crippen LogP) is 1.76. The molecule has 1 amide bonds. The second-order valence-corrected chi connectivity index (χ2v) is 4.86. The minimum Gasteiger partial charge on any atom is -0.466 e. The molecular formula is C15H21ClN2O3. The maximum Gasteiger partial charge on any atom is 0.310 e. The van der Waals surface area contributed by atoms with Crippen molar-refractivity contribution in [3.05, 3.63) is 29.8 Å². The first kappa shape index (κ1) is 17.5. The number of benzene rings is 1. The molecule has 0 spiro atoms. The molecule has 2 N–H and O–H groups in total. The molecule has 2 rings (SSSR count). The molecule has 5 nitrogen and oxygen atoms in total. The lowest BCUT2D eigenvalue weighted by Crippen LogP contribution is -2.24. The fraction of sp³-hybridized carbons (Fsp3) is 0.467. The maximum atomic E-state index is 12.0. The summed E-state index contributed by atoms with van der Waals surface area (Å²) in [4.78, 5) is 23.4. The molecule has 1 saturated heterocycles. The Morgan fingerprint density at radius 3 is 2.90 bits per heavy atom. The molecule has 0 saturated carbocycles. The number of esters is 1.